The molecule has 1 aromatic heterocycles. The molecule has 0 spiro atoms. The molecule has 1 fully saturated rings. The van der Waals surface area contributed by atoms with Crippen molar-refractivity contribution in [3.05, 3.63) is 21.9 Å². The van der Waals surface area contributed by atoms with Crippen LogP contribution in [-0.4, -0.2) is 0 Å². The maximum atomic E-state index is 9.17. The second-order valence-electron chi connectivity index (χ2n) is 4.07. The van der Waals surface area contributed by atoms with E-state index in [2.05, 4.69) is 19.1 Å². The van der Waals surface area contributed by atoms with Gasteiger partial charge in [-0.3, -0.25) is 0 Å². The summed E-state index contributed by atoms with van der Waals surface area (Å²) in [5, 5.41) is 11.2. The van der Waals surface area contributed by atoms with Crippen molar-refractivity contribution in [3.63, 3.8) is 0 Å². The van der Waals surface area contributed by atoms with Crippen LogP contribution in [0.2, 0.25) is 0 Å². The fourth-order valence-electron chi connectivity index (χ4n) is 2.00. The third kappa shape index (κ3) is 1.26. The number of nitrogens with two attached hydrogens (primary N) is 1. The van der Waals surface area contributed by atoms with Crippen LogP contribution in [0.25, 0.3) is 0 Å². The van der Waals surface area contributed by atoms with Crippen LogP contribution in [0.4, 0.5) is 0 Å². The van der Waals surface area contributed by atoms with Gasteiger partial charge < -0.3 is 5.73 Å². The van der Waals surface area contributed by atoms with E-state index in [4.69, 9.17) is 5.73 Å². The van der Waals surface area contributed by atoms with E-state index in [-0.39, 0.29) is 11.5 Å². The van der Waals surface area contributed by atoms with Gasteiger partial charge in [0.15, 0.2) is 0 Å². The molecule has 0 amide bonds. The Hall–Kier alpha value is -0.850. The van der Waals surface area contributed by atoms with Gasteiger partial charge in [0.25, 0.3) is 0 Å². The Kier molecular flexibility index (Phi) is 2.34. The molecule has 1 aliphatic carbocycles. The average Bonchev–Trinajstić information content (AvgIpc) is 2.50. The fraction of sp³-hybridized carbons (Fsp3) is 0.545. The van der Waals surface area contributed by atoms with E-state index in [0.29, 0.717) is 0 Å². The van der Waals surface area contributed by atoms with E-state index in [0.717, 1.165) is 19.3 Å². The Morgan fingerprint density at radius 1 is 1.64 bits per heavy atom. The molecule has 1 heterocycles. The molecule has 1 aromatic rings. The van der Waals surface area contributed by atoms with Gasteiger partial charge in [0, 0.05) is 4.88 Å². The number of hydrogen-bond donors (Lipinski definition) is 1. The quantitative estimate of drug-likeness (QED) is 0.808. The highest BCUT2D eigenvalue weighted by atomic mass is 32.1. The third-order valence-electron chi connectivity index (χ3n) is 3.25. The molecule has 0 bridgehead atoms. The predicted octanol–water partition coefficient (Wildman–Crippen LogP) is 2.75. The van der Waals surface area contributed by atoms with Gasteiger partial charge in [-0.1, -0.05) is 6.42 Å². The smallest absolute Gasteiger partial charge is 0.0774 e. The minimum atomic E-state index is -0.268. The standard InChI is InChI=1S/C11H14N2S/c1-8-3-6-14-9(8)10(13)11(7-12)4-2-5-11/h3,6,10H,2,4-5,13H2,1H3. The van der Waals surface area contributed by atoms with Crippen molar-refractivity contribution >= 4 is 11.3 Å². The van der Waals surface area contributed by atoms with Crippen molar-refractivity contribution in [1.82, 2.24) is 0 Å². The highest BCUT2D eigenvalue weighted by molar-refractivity contribution is 7.10. The molecule has 1 saturated carbocycles. The third-order valence-corrected chi connectivity index (χ3v) is 4.35. The van der Waals surface area contributed by atoms with Gasteiger partial charge in [-0.15, -0.1) is 11.3 Å². The zero-order valence-electron chi connectivity index (χ0n) is 8.29. The first-order valence-electron chi connectivity index (χ1n) is 4.90. The van der Waals surface area contributed by atoms with Crippen LogP contribution in [0, 0.1) is 23.7 Å². The summed E-state index contributed by atoms with van der Waals surface area (Å²) < 4.78 is 0. The summed E-state index contributed by atoms with van der Waals surface area (Å²) in [5.41, 5.74) is 7.14. The lowest BCUT2D eigenvalue weighted by Crippen LogP contribution is -2.39. The van der Waals surface area contributed by atoms with Gasteiger partial charge in [0.1, 0.15) is 0 Å². The van der Waals surface area contributed by atoms with Gasteiger partial charge in [0.2, 0.25) is 0 Å². The van der Waals surface area contributed by atoms with Gasteiger partial charge in [0.05, 0.1) is 17.5 Å². The topological polar surface area (TPSA) is 49.8 Å². The number of thiophene rings is 1. The van der Waals surface area contributed by atoms with Crippen LogP contribution < -0.4 is 5.73 Å². The molecule has 0 radical (unpaired) electrons. The Morgan fingerprint density at radius 3 is 2.71 bits per heavy atom. The van der Waals surface area contributed by atoms with E-state index in [1.165, 1.54) is 10.4 Å². The van der Waals surface area contributed by atoms with Crippen LogP contribution in [0.1, 0.15) is 35.7 Å². The van der Waals surface area contributed by atoms with Gasteiger partial charge in [-0.25, -0.2) is 0 Å². The van der Waals surface area contributed by atoms with E-state index in [1.807, 2.05) is 5.38 Å². The molecule has 1 aliphatic rings. The average molecular weight is 206 g/mol. The van der Waals surface area contributed by atoms with Crippen molar-refractivity contribution in [1.29, 1.82) is 5.26 Å². The summed E-state index contributed by atoms with van der Waals surface area (Å²) in [4.78, 5) is 1.19. The molecular formula is C11H14N2S. The number of nitrogens with zero attached hydrogens (tertiary/aromatic N) is 1. The Morgan fingerprint density at radius 2 is 2.36 bits per heavy atom. The summed E-state index contributed by atoms with van der Waals surface area (Å²) in [7, 11) is 0. The molecule has 0 aliphatic heterocycles. The minimum Gasteiger partial charge on any atom is -0.322 e. The molecule has 0 aromatic carbocycles. The van der Waals surface area contributed by atoms with Crippen LogP contribution in [-0.2, 0) is 0 Å². The maximum absolute atomic E-state index is 9.17. The maximum Gasteiger partial charge on any atom is 0.0774 e. The molecule has 1 atom stereocenters. The summed E-state index contributed by atoms with van der Waals surface area (Å²) in [6.45, 7) is 2.06. The van der Waals surface area contributed by atoms with Crippen molar-refractivity contribution in [3.8, 4) is 6.07 Å². The zero-order chi connectivity index (χ0) is 10.2. The van der Waals surface area contributed by atoms with E-state index in [9.17, 15) is 5.26 Å². The van der Waals surface area contributed by atoms with Crippen LogP contribution in [0.15, 0.2) is 11.4 Å². The molecule has 1 unspecified atom stereocenters. The summed E-state index contributed by atoms with van der Waals surface area (Å²) >= 11 is 1.67. The molecule has 3 heteroatoms. The lowest BCUT2D eigenvalue weighted by atomic mass is 9.65. The monoisotopic (exact) mass is 206 g/mol. The summed E-state index contributed by atoms with van der Waals surface area (Å²) in [5.74, 6) is 0. The molecule has 0 saturated heterocycles. The minimum absolute atomic E-state index is 0.0822. The Bertz CT molecular complexity index is 371. The van der Waals surface area contributed by atoms with E-state index in [1.54, 1.807) is 11.3 Å². The highest BCUT2D eigenvalue weighted by Gasteiger charge is 2.44. The van der Waals surface area contributed by atoms with Gasteiger partial charge >= 0.3 is 0 Å². The Labute approximate surface area is 88.4 Å². The highest BCUT2D eigenvalue weighted by Crippen LogP contribution is 2.49. The first-order valence-corrected chi connectivity index (χ1v) is 5.78. The van der Waals surface area contributed by atoms with Crippen LogP contribution >= 0.6 is 11.3 Å². The second kappa shape index (κ2) is 3.38. The van der Waals surface area contributed by atoms with Crippen molar-refractivity contribution in [2.45, 2.75) is 32.2 Å². The summed E-state index contributed by atoms with van der Waals surface area (Å²) in [6.07, 6.45) is 3.07. The SMILES string of the molecule is Cc1ccsc1C(N)C1(C#N)CCC1. The van der Waals surface area contributed by atoms with Crippen molar-refractivity contribution in [2.24, 2.45) is 11.1 Å². The molecule has 2 N–H and O–H groups in total. The first kappa shape index (κ1) is 9.70. The molecule has 74 valence electrons. The normalized spacial score (nSPS) is 20.9. The van der Waals surface area contributed by atoms with Crippen molar-refractivity contribution in [2.75, 3.05) is 0 Å². The lowest BCUT2D eigenvalue weighted by molar-refractivity contribution is 0.170. The molecule has 14 heavy (non-hydrogen) atoms. The van der Waals surface area contributed by atoms with Gasteiger partial charge in [-0.2, -0.15) is 5.26 Å². The van der Waals surface area contributed by atoms with E-state index < -0.39 is 0 Å². The van der Waals surface area contributed by atoms with Gasteiger partial charge in [-0.05, 0) is 36.8 Å². The van der Waals surface area contributed by atoms with Crippen molar-refractivity contribution < 1.29 is 0 Å². The molecule has 2 nitrogen and oxygen atoms in total. The molecule has 2 rings (SSSR count). The number of rotatable bonds is 2. The largest absolute Gasteiger partial charge is 0.322 e. The summed E-state index contributed by atoms with van der Waals surface area (Å²) in [6, 6.07) is 4.40. The van der Waals surface area contributed by atoms with E-state index >= 15 is 0 Å². The zero-order valence-corrected chi connectivity index (χ0v) is 9.10. The fourth-order valence-corrected chi connectivity index (χ4v) is 3.05. The van der Waals surface area contributed by atoms with Crippen LogP contribution in [0.3, 0.4) is 0 Å². The van der Waals surface area contributed by atoms with Crippen LogP contribution in [0.5, 0.6) is 0 Å². The predicted molar refractivity (Wildman–Crippen MR) is 57.9 cm³/mol. The number of nitriles is 1. The lowest BCUT2D eigenvalue weighted by Gasteiger charge is -2.40. The Balaban J connectivity index is 2.28. The molecular weight excluding hydrogens is 192 g/mol. The number of hydrogen-bond acceptors (Lipinski definition) is 3. The second-order valence-corrected chi connectivity index (χ2v) is 5.01. The number of aryl methyl sites for hydroxylation is 1. The first-order chi connectivity index (χ1) is 6.69.